The minimum atomic E-state index is -0.168. The number of fused-ring (bicyclic) bond motifs is 1. The lowest BCUT2D eigenvalue weighted by atomic mass is 10.1. The second kappa shape index (κ2) is 9.05. The van der Waals surface area contributed by atoms with E-state index in [1.165, 1.54) is 0 Å². The summed E-state index contributed by atoms with van der Waals surface area (Å²) in [6, 6.07) is 13.2. The molecule has 0 saturated carbocycles. The Kier molecular flexibility index (Phi) is 6.52. The van der Waals surface area contributed by atoms with Gasteiger partial charge in [0.15, 0.2) is 11.5 Å². The molecular weight excluding hydrogens is 368 g/mol. The van der Waals surface area contributed by atoms with Crippen LogP contribution in [0.2, 0.25) is 5.02 Å². The molecule has 1 N–H and O–H groups in total. The first-order valence-electron chi connectivity index (χ1n) is 8.50. The van der Waals surface area contributed by atoms with Crippen molar-refractivity contribution >= 4 is 34.9 Å². The van der Waals surface area contributed by atoms with Crippen LogP contribution in [-0.2, 0) is 11.2 Å². The number of aryl methyl sites for hydroxylation is 1. The van der Waals surface area contributed by atoms with Gasteiger partial charge in [-0.05, 0) is 48.6 Å². The fraction of sp³-hybridized carbons (Fsp3) is 0.316. The number of rotatable bonds is 8. The first-order chi connectivity index (χ1) is 12.7. The van der Waals surface area contributed by atoms with Gasteiger partial charge in [0.05, 0.1) is 6.04 Å². The number of hydrogen-bond acceptors (Lipinski definition) is 4. The Hall–Kier alpha value is -2.05. The smallest absolute Gasteiger partial charge is 0.220 e. The van der Waals surface area contributed by atoms with Crippen molar-refractivity contribution in [2.75, 3.05) is 12.0 Å². The minimum Gasteiger partial charge on any atom is -0.346 e. The van der Waals surface area contributed by atoms with Crippen molar-refractivity contribution in [3.05, 3.63) is 65.1 Å². The third-order valence-electron chi connectivity index (χ3n) is 4.18. The first kappa shape index (κ1) is 18.7. The molecule has 1 amide bonds. The number of aromatic nitrogens is 3. The fourth-order valence-electron chi connectivity index (χ4n) is 2.81. The van der Waals surface area contributed by atoms with Crippen LogP contribution in [0, 0.1) is 0 Å². The predicted octanol–water partition coefficient (Wildman–Crippen LogP) is 3.93. The van der Waals surface area contributed by atoms with Crippen molar-refractivity contribution in [1.82, 2.24) is 19.9 Å². The number of nitrogens with zero attached hydrogens (tertiary/aromatic N) is 3. The lowest BCUT2D eigenvalue weighted by Crippen LogP contribution is -2.30. The second-order valence-electron chi connectivity index (χ2n) is 5.98. The average Bonchev–Trinajstić information content (AvgIpc) is 3.08. The number of hydrogen-bond donors (Lipinski definition) is 1. The molecule has 2 heterocycles. The molecule has 1 unspecified atom stereocenters. The molecule has 0 bridgehead atoms. The highest BCUT2D eigenvalue weighted by molar-refractivity contribution is 7.98. The van der Waals surface area contributed by atoms with E-state index in [0.29, 0.717) is 17.9 Å². The van der Waals surface area contributed by atoms with E-state index in [9.17, 15) is 4.79 Å². The summed E-state index contributed by atoms with van der Waals surface area (Å²) in [4.78, 5) is 12.5. The van der Waals surface area contributed by atoms with E-state index in [0.717, 1.165) is 29.2 Å². The van der Waals surface area contributed by atoms with E-state index in [-0.39, 0.29) is 11.9 Å². The fourth-order valence-corrected chi connectivity index (χ4v) is 3.52. The molecule has 5 nitrogen and oxygen atoms in total. The van der Waals surface area contributed by atoms with E-state index in [1.807, 2.05) is 53.1 Å². The molecule has 0 aliphatic carbocycles. The van der Waals surface area contributed by atoms with Gasteiger partial charge in [0.2, 0.25) is 5.91 Å². The van der Waals surface area contributed by atoms with Crippen molar-refractivity contribution in [2.24, 2.45) is 0 Å². The Bertz CT molecular complexity index is 883. The third-order valence-corrected chi connectivity index (χ3v) is 5.19. The van der Waals surface area contributed by atoms with Crippen LogP contribution >= 0.6 is 23.4 Å². The maximum Gasteiger partial charge on any atom is 0.220 e. The van der Waals surface area contributed by atoms with E-state index in [1.54, 1.807) is 11.8 Å². The van der Waals surface area contributed by atoms with Crippen LogP contribution < -0.4 is 5.32 Å². The summed E-state index contributed by atoms with van der Waals surface area (Å²) in [7, 11) is 0. The quantitative estimate of drug-likeness (QED) is 0.635. The van der Waals surface area contributed by atoms with Crippen LogP contribution in [0.4, 0.5) is 0 Å². The first-order valence-corrected chi connectivity index (χ1v) is 10.3. The van der Waals surface area contributed by atoms with E-state index >= 15 is 0 Å². The number of benzene rings is 1. The highest BCUT2D eigenvalue weighted by atomic mass is 35.5. The molecule has 0 radical (unpaired) electrons. The molecular formula is C19H21ClN4OS. The molecule has 0 saturated heterocycles. The number of nitrogens with one attached hydrogen (secondary N) is 1. The molecule has 26 heavy (non-hydrogen) atoms. The van der Waals surface area contributed by atoms with Gasteiger partial charge in [-0.15, -0.1) is 10.2 Å². The standard InChI is InChI=1S/C19H21ClN4OS/c1-26-13-11-16(19-23-22-17-8-4-5-12-24(17)19)21-18(25)10-9-14-6-2-3-7-15(14)20/h2-8,12,16H,9-11,13H2,1H3,(H,21,25). The summed E-state index contributed by atoms with van der Waals surface area (Å²) < 4.78 is 1.93. The monoisotopic (exact) mass is 388 g/mol. The summed E-state index contributed by atoms with van der Waals surface area (Å²) in [5, 5.41) is 12.3. The molecule has 2 aromatic heterocycles. The van der Waals surface area contributed by atoms with Crippen LogP contribution in [0.25, 0.3) is 5.65 Å². The zero-order chi connectivity index (χ0) is 18.4. The Balaban J connectivity index is 1.70. The Morgan fingerprint density at radius 2 is 2.04 bits per heavy atom. The zero-order valence-corrected chi connectivity index (χ0v) is 16.1. The summed E-state index contributed by atoms with van der Waals surface area (Å²) in [5.41, 5.74) is 1.76. The summed E-state index contributed by atoms with van der Waals surface area (Å²) in [6.45, 7) is 0. The van der Waals surface area contributed by atoms with Gasteiger partial charge in [0, 0.05) is 17.6 Å². The van der Waals surface area contributed by atoms with Crippen molar-refractivity contribution in [3.8, 4) is 0 Å². The number of pyridine rings is 1. The van der Waals surface area contributed by atoms with Gasteiger partial charge in [0.25, 0.3) is 0 Å². The molecule has 0 aliphatic rings. The van der Waals surface area contributed by atoms with Gasteiger partial charge >= 0.3 is 0 Å². The Labute approximate surface area is 162 Å². The highest BCUT2D eigenvalue weighted by Crippen LogP contribution is 2.20. The van der Waals surface area contributed by atoms with E-state index in [2.05, 4.69) is 21.8 Å². The molecule has 136 valence electrons. The van der Waals surface area contributed by atoms with Gasteiger partial charge < -0.3 is 5.32 Å². The van der Waals surface area contributed by atoms with Gasteiger partial charge in [0.1, 0.15) is 0 Å². The van der Waals surface area contributed by atoms with Crippen molar-refractivity contribution in [1.29, 1.82) is 0 Å². The molecule has 0 aliphatic heterocycles. The van der Waals surface area contributed by atoms with Crippen LogP contribution in [0.3, 0.4) is 0 Å². The van der Waals surface area contributed by atoms with Crippen molar-refractivity contribution < 1.29 is 4.79 Å². The SMILES string of the molecule is CSCCC(NC(=O)CCc1ccccc1Cl)c1nnc2ccccn12. The van der Waals surface area contributed by atoms with E-state index < -0.39 is 0 Å². The molecule has 0 spiro atoms. The highest BCUT2D eigenvalue weighted by Gasteiger charge is 2.20. The number of thioether (sulfide) groups is 1. The number of carbonyl (C=O) groups is 1. The van der Waals surface area contributed by atoms with Gasteiger partial charge in [-0.3, -0.25) is 9.20 Å². The number of halogens is 1. The normalized spacial score (nSPS) is 12.2. The minimum absolute atomic E-state index is 0.0105. The molecule has 7 heteroatoms. The molecule has 1 atom stereocenters. The number of carbonyl (C=O) groups excluding carboxylic acids is 1. The van der Waals surface area contributed by atoms with Crippen LogP contribution in [0.15, 0.2) is 48.7 Å². The van der Waals surface area contributed by atoms with Crippen LogP contribution in [-0.4, -0.2) is 32.5 Å². The maximum atomic E-state index is 12.5. The van der Waals surface area contributed by atoms with Gasteiger partial charge in [-0.1, -0.05) is 35.9 Å². The molecule has 1 aromatic carbocycles. The van der Waals surface area contributed by atoms with E-state index in [4.69, 9.17) is 11.6 Å². The molecule has 3 rings (SSSR count). The largest absolute Gasteiger partial charge is 0.346 e. The lowest BCUT2D eigenvalue weighted by Gasteiger charge is -2.17. The maximum absolute atomic E-state index is 12.5. The third kappa shape index (κ3) is 4.56. The topological polar surface area (TPSA) is 59.3 Å². The van der Waals surface area contributed by atoms with Gasteiger partial charge in [-0.2, -0.15) is 11.8 Å². The zero-order valence-electron chi connectivity index (χ0n) is 14.6. The predicted molar refractivity (Wildman–Crippen MR) is 107 cm³/mol. The van der Waals surface area contributed by atoms with Crippen LogP contribution in [0.5, 0.6) is 0 Å². The Morgan fingerprint density at radius 3 is 2.85 bits per heavy atom. The second-order valence-corrected chi connectivity index (χ2v) is 7.37. The summed E-state index contributed by atoms with van der Waals surface area (Å²) >= 11 is 7.92. The molecule has 3 aromatic rings. The van der Waals surface area contributed by atoms with Gasteiger partial charge in [-0.25, -0.2) is 0 Å². The number of amides is 1. The van der Waals surface area contributed by atoms with Crippen molar-refractivity contribution in [2.45, 2.75) is 25.3 Å². The summed E-state index contributed by atoms with van der Waals surface area (Å²) in [5.74, 6) is 1.68. The average molecular weight is 389 g/mol. The van der Waals surface area contributed by atoms with Crippen LogP contribution in [0.1, 0.15) is 30.3 Å². The van der Waals surface area contributed by atoms with Crippen molar-refractivity contribution in [3.63, 3.8) is 0 Å². The summed E-state index contributed by atoms with van der Waals surface area (Å²) in [6.07, 6.45) is 5.77. The Morgan fingerprint density at radius 1 is 1.23 bits per heavy atom. The lowest BCUT2D eigenvalue weighted by molar-refractivity contribution is -0.121. The molecule has 0 fully saturated rings.